The van der Waals surface area contributed by atoms with Crippen molar-refractivity contribution in [3.05, 3.63) is 24.3 Å². The molecule has 1 fully saturated rings. The van der Waals surface area contributed by atoms with Gasteiger partial charge >= 0.3 is 0 Å². The topological polar surface area (TPSA) is 102 Å². The first kappa shape index (κ1) is 19.3. The van der Waals surface area contributed by atoms with E-state index in [4.69, 9.17) is 0 Å². The van der Waals surface area contributed by atoms with Crippen molar-refractivity contribution in [1.29, 1.82) is 0 Å². The van der Waals surface area contributed by atoms with Crippen LogP contribution in [0.4, 0.5) is 5.69 Å². The maximum atomic E-state index is 12.3. The minimum Gasteiger partial charge on any atom is -0.352 e. The Bertz CT molecular complexity index is 809. The molecule has 2 N–H and O–H groups in total. The van der Waals surface area contributed by atoms with Crippen molar-refractivity contribution >= 4 is 29.3 Å². The number of aromatic nitrogens is 4. The number of hydrogen-bond acceptors (Lipinski definition) is 6. The molecule has 1 saturated carbocycles. The SMILES string of the molecule is CC(=O)Nc1cccc(-n2nnnc2SCC(=O)N[C@H]2CCCC[C@@H]2C)c1. The molecule has 1 aliphatic rings. The zero-order valence-corrected chi connectivity index (χ0v) is 16.3. The summed E-state index contributed by atoms with van der Waals surface area (Å²) in [6.07, 6.45) is 4.63. The van der Waals surface area contributed by atoms with E-state index in [0.29, 0.717) is 16.8 Å². The van der Waals surface area contributed by atoms with Gasteiger partial charge in [-0.25, -0.2) is 0 Å². The Morgan fingerprint density at radius 1 is 1.30 bits per heavy atom. The van der Waals surface area contributed by atoms with Gasteiger partial charge in [0.15, 0.2) is 0 Å². The Balaban J connectivity index is 1.62. The van der Waals surface area contributed by atoms with Gasteiger partial charge in [0.1, 0.15) is 0 Å². The second-order valence-corrected chi connectivity index (χ2v) is 7.77. The van der Waals surface area contributed by atoms with Crippen LogP contribution in [0.15, 0.2) is 29.4 Å². The molecule has 8 nitrogen and oxygen atoms in total. The lowest BCUT2D eigenvalue weighted by atomic mass is 9.86. The first-order chi connectivity index (χ1) is 13.0. The van der Waals surface area contributed by atoms with Crippen molar-refractivity contribution in [2.24, 2.45) is 5.92 Å². The molecule has 1 aliphatic carbocycles. The van der Waals surface area contributed by atoms with Gasteiger partial charge in [0.25, 0.3) is 0 Å². The molecule has 0 bridgehead atoms. The third-order valence-electron chi connectivity index (χ3n) is 4.64. The lowest BCUT2D eigenvalue weighted by molar-refractivity contribution is -0.119. The summed E-state index contributed by atoms with van der Waals surface area (Å²) in [5.74, 6) is 0.636. The van der Waals surface area contributed by atoms with E-state index in [1.807, 2.05) is 12.1 Å². The van der Waals surface area contributed by atoms with Crippen LogP contribution in [0.25, 0.3) is 5.69 Å². The zero-order chi connectivity index (χ0) is 19.2. The zero-order valence-electron chi connectivity index (χ0n) is 15.5. The number of nitrogens with zero attached hydrogens (tertiary/aromatic N) is 4. The molecule has 2 atom stereocenters. The Morgan fingerprint density at radius 2 is 2.11 bits per heavy atom. The fraction of sp³-hybridized carbons (Fsp3) is 0.500. The number of carbonyl (C=O) groups is 2. The smallest absolute Gasteiger partial charge is 0.230 e. The van der Waals surface area contributed by atoms with Crippen LogP contribution in [0.5, 0.6) is 0 Å². The lowest BCUT2D eigenvalue weighted by Gasteiger charge is -2.29. The molecule has 3 rings (SSSR count). The summed E-state index contributed by atoms with van der Waals surface area (Å²) in [6.45, 7) is 3.65. The Morgan fingerprint density at radius 3 is 2.89 bits per heavy atom. The molecule has 0 unspecified atom stereocenters. The van der Waals surface area contributed by atoms with Crippen LogP contribution in [-0.2, 0) is 9.59 Å². The van der Waals surface area contributed by atoms with E-state index in [1.54, 1.807) is 16.8 Å². The van der Waals surface area contributed by atoms with Crippen molar-refractivity contribution in [3.63, 3.8) is 0 Å². The summed E-state index contributed by atoms with van der Waals surface area (Å²) in [5, 5.41) is 18.1. The monoisotopic (exact) mass is 388 g/mol. The number of anilines is 1. The highest BCUT2D eigenvalue weighted by Crippen LogP contribution is 2.24. The predicted molar refractivity (Wildman–Crippen MR) is 104 cm³/mol. The molecule has 9 heteroatoms. The van der Waals surface area contributed by atoms with Crippen LogP contribution < -0.4 is 10.6 Å². The normalized spacial score (nSPS) is 19.5. The summed E-state index contributed by atoms with van der Waals surface area (Å²) in [7, 11) is 0. The highest BCUT2D eigenvalue weighted by molar-refractivity contribution is 7.99. The van der Waals surface area contributed by atoms with Crippen LogP contribution >= 0.6 is 11.8 Å². The number of hydrogen-bond donors (Lipinski definition) is 2. The molecule has 0 spiro atoms. The molecule has 0 saturated heterocycles. The van der Waals surface area contributed by atoms with Crippen LogP contribution in [0.1, 0.15) is 39.5 Å². The van der Waals surface area contributed by atoms with Crippen molar-refractivity contribution in [3.8, 4) is 5.69 Å². The van der Waals surface area contributed by atoms with Gasteiger partial charge in [0, 0.05) is 18.7 Å². The molecule has 144 valence electrons. The molecule has 27 heavy (non-hydrogen) atoms. The highest BCUT2D eigenvalue weighted by Gasteiger charge is 2.23. The van der Waals surface area contributed by atoms with Crippen molar-refractivity contribution in [1.82, 2.24) is 25.5 Å². The third-order valence-corrected chi connectivity index (χ3v) is 5.56. The molecule has 2 aromatic rings. The second kappa shape index (κ2) is 8.98. The number of tetrazole rings is 1. The van der Waals surface area contributed by atoms with Crippen molar-refractivity contribution < 1.29 is 9.59 Å². The second-order valence-electron chi connectivity index (χ2n) is 6.83. The molecule has 1 aromatic carbocycles. The van der Waals surface area contributed by atoms with Gasteiger partial charge in [0.05, 0.1) is 11.4 Å². The van der Waals surface area contributed by atoms with E-state index >= 15 is 0 Å². The van der Waals surface area contributed by atoms with Gasteiger partial charge in [-0.15, -0.1) is 5.10 Å². The summed E-state index contributed by atoms with van der Waals surface area (Å²) in [4.78, 5) is 23.6. The Hall–Kier alpha value is -2.42. The van der Waals surface area contributed by atoms with E-state index in [9.17, 15) is 9.59 Å². The molecular formula is C18H24N6O2S. The van der Waals surface area contributed by atoms with Crippen molar-refractivity contribution in [2.45, 2.75) is 50.7 Å². The Kier molecular flexibility index (Phi) is 6.44. The number of rotatable bonds is 6. The quantitative estimate of drug-likeness (QED) is 0.737. The van der Waals surface area contributed by atoms with Crippen LogP contribution in [-0.4, -0.2) is 43.8 Å². The third kappa shape index (κ3) is 5.29. The highest BCUT2D eigenvalue weighted by atomic mass is 32.2. The van der Waals surface area contributed by atoms with E-state index in [-0.39, 0.29) is 23.6 Å². The first-order valence-electron chi connectivity index (χ1n) is 9.11. The van der Waals surface area contributed by atoms with Crippen LogP contribution in [0.2, 0.25) is 0 Å². The van der Waals surface area contributed by atoms with E-state index in [2.05, 4.69) is 33.1 Å². The Labute approximate surface area is 162 Å². The molecular weight excluding hydrogens is 364 g/mol. The first-order valence-corrected chi connectivity index (χ1v) is 10.1. The summed E-state index contributed by atoms with van der Waals surface area (Å²) in [6, 6.07) is 7.49. The van der Waals surface area contributed by atoms with Gasteiger partial charge in [-0.1, -0.05) is 37.6 Å². The molecule has 1 heterocycles. The number of amides is 2. The standard InChI is InChI=1S/C18H24N6O2S/c1-12-6-3-4-9-16(12)20-17(26)11-27-18-21-22-23-24(18)15-8-5-7-14(10-15)19-13(2)25/h5,7-8,10,12,16H,3-4,6,9,11H2,1-2H3,(H,19,25)(H,20,26)/t12-,16-/m0/s1. The molecule has 0 radical (unpaired) electrons. The predicted octanol–water partition coefficient (Wildman–Crippen LogP) is 2.41. The van der Waals surface area contributed by atoms with E-state index in [0.717, 1.165) is 12.1 Å². The van der Waals surface area contributed by atoms with Gasteiger partial charge in [-0.05, 0) is 47.4 Å². The molecule has 2 amide bonds. The minimum absolute atomic E-state index is 0.000275. The lowest BCUT2D eigenvalue weighted by Crippen LogP contribution is -2.41. The van der Waals surface area contributed by atoms with Crippen LogP contribution in [0.3, 0.4) is 0 Å². The average molecular weight is 388 g/mol. The molecule has 1 aromatic heterocycles. The number of thioether (sulfide) groups is 1. The summed E-state index contributed by atoms with van der Waals surface area (Å²) in [5.41, 5.74) is 1.38. The largest absolute Gasteiger partial charge is 0.352 e. The van der Waals surface area contributed by atoms with Gasteiger partial charge < -0.3 is 10.6 Å². The fourth-order valence-electron chi connectivity index (χ4n) is 3.26. The van der Waals surface area contributed by atoms with Crippen molar-refractivity contribution in [2.75, 3.05) is 11.1 Å². The number of benzene rings is 1. The molecule has 0 aliphatic heterocycles. The minimum atomic E-state index is -0.146. The van der Waals surface area contributed by atoms with E-state index in [1.165, 1.54) is 37.9 Å². The maximum Gasteiger partial charge on any atom is 0.230 e. The fourth-order valence-corrected chi connectivity index (χ4v) is 3.96. The van der Waals surface area contributed by atoms with Gasteiger partial charge in [-0.3, -0.25) is 9.59 Å². The summed E-state index contributed by atoms with van der Waals surface area (Å²) >= 11 is 1.29. The number of carbonyl (C=O) groups excluding carboxylic acids is 2. The summed E-state index contributed by atoms with van der Waals surface area (Å²) < 4.78 is 1.56. The van der Waals surface area contributed by atoms with Gasteiger partial charge in [0.2, 0.25) is 17.0 Å². The number of nitrogens with one attached hydrogen (secondary N) is 2. The average Bonchev–Trinajstić information content (AvgIpc) is 3.10. The van der Waals surface area contributed by atoms with Gasteiger partial charge in [-0.2, -0.15) is 4.68 Å². The van der Waals surface area contributed by atoms with E-state index < -0.39 is 0 Å². The van der Waals surface area contributed by atoms with Crippen LogP contribution in [0, 0.1) is 5.92 Å². The maximum absolute atomic E-state index is 12.3.